The summed E-state index contributed by atoms with van der Waals surface area (Å²) in [5.74, 6) is 0.0368. The minimum absolute atomic E-state index is 0.0368. The highest BCUT2D eigenvalue weighted by Crippen LogP contribution is 2.32. The summed E-state index contributed by atoms with van der Waals surface area (Å²) < 4.78 is 2.34. The van der Waals surface area contributed by atoms with Crippen molar-refractivity contribution in [2.75, 3.05) is 5.32 Å². The lowest BCUT2D eigenvalue weighted by atomic mass is 10.0. The molecule has 1 aliphatic rings. The maximum Gasteiger partial charge on any atom is 0.247 e. The number of hydrogen-bond acceptors (Lipinski definition) is 2. The summed E-state index contributed by atoms with van der Waals surface area (Å²) in [6.45, 7) is 3.10. The highest BCUT2D eigenvalue weighted by molar-refractivity contribution is 6.09. The van der Waals surface area contributed by atoms with E-state index in [1.807, 2.05) is 30.3 Å². The standard InChI is InChI=1S/C25H25N3O/c1-2-28-22-11-7-6-10-20(22)21-16-19(14-15-23(21)28)26-24(17-8-4-3-5-9-17)25(29)27-18-12-13-18/h3-11,14-16,18,24,26H,2,12-13H2,1H3,(H,27,29)/t24-/m1/s1. The van der Waals surface area contributed by atoms with Crippen LogP contribution < -0.4 is 10.6 Å². The Hall–Kier alpha value is -3.27. The molecule has 0 spiro atoms. The van der Waals surface area contributed by atoms with Gasteiger partial charge in [0.05, 0.1) is 0 Å². The van der Waals surface area contributed by atoms with E-state index in [0.29, 0.717) is 6.04 Å². The molecule has 4 nitrogen and oxygen atoms in total. The predicted molar refractivity (Wildman–Crippen MR) is 119 cm³/mol. The molecule has 1 atom stereocenters. The number of carbonyl (C=O) groups excluding carboxylic acids is 1. The van der Waals surface area contributed by atoms with Gasteiger partial charge in [-0.25, -0.2) is 0 Å². The van der Waals surface area contributed by atoms with E-state index in [1.165, 1.54) is 21.8 Å². The Labute approximate surface area is 170 Å². The lowest BCUT2D eigenvalue weighted by molar-refractivity contribution is -0.122. The fraction of sp³-hybridized carbons (Fsp3) is 0.240. The minimum Gasteiger partial charge on any atom is -0.370 e. The normalized spacial score (nSPS) is 14.8. The van der Waals surface area contributed by atoms with Gasteiger partial charge in [-0.2, -0.15) is 0 Å². The van der Waals surface area contributed by atoms with Crippen molar-refractivity contribution < 1.29 is 4.79 Å². The third-order valence-electron chi connectivity index (χ3n) is 5.72. The van der Waals surface area contributed by atoms with Crippen LogP contribution in [0.15, 0.2) is 72.8 Å². The SMILES string of the molecule is CCn1c2ccccc2c2cc(N[C@@H](C(=O)NC3CC3)c3ccccc3)ccc21. The lowest BCUT2D eigenvalue weighted by Crippen LogP contribution is -2.34. The first-order chi connectivity index (χ1) is 14.2. The number of rotatable bonds is 6. The Morgan fingerprint density at radius 2 is 1.69 bits per heavy atom. The van der Waals surface area contributed by atoms with E-state index in [2.05, 4.69) is 64.6 Å². The van der Waals surface area contributed by atoms with Crippen LogP contribution in [0.25, 0.3) is 21.8 Å². The van der Waals surface area contributed by atoms with E-state index in [9.17, 15) is 4.79 Å². The molecule has 1 fully saturated rings. The number of aromatic nitrogens is 1. The molecule has 29 heavy (non-hydrogen) atoms. The van der Waals surface area contributed by atoms with Crippen molar-refractivity contribution in [3.8, 4) is 0 Å². The summed E-state index contributed by atoms with van der Waals surface area (Å²) in [7, 11) is 0. The molecule has 0 unspecified atom stereocenters. The van der Waals surface area contributed by atoms with Gasteiger partial charge in [0.25, 0.3) is 0 Å². The maximum atomic E-state index is 12.9. The third kappa shape index (κ3) is 3.35. The molecule has 146 valence electrons. The monoisotopic (exact) mass is 383 g/mol. The molecule has 1 amide bonds. The minimum atomic E-state index is -0.409. The zero-order valence-corrected chi connectivity index (χ0v) is 16.6. The molecule has 0 bridgehead atoms. The van der Waals surface area contributed by atoms with Gasteiger partial charge >= 0.3 is 0 Å². The number of amides is 1. The molecule has 5 rings (SSSR count). The van der Waals surface area contributed by atoms with Crippen LogP contribution in [-0.4, -0.2) is 16.5 Å². The first kappa shape index (κ1) is 17.8. The number of carbonyl (C=O) groups is 1. The van der Waals surface area contributed by atoms with Gasteiger partial charge in [-0.15, -0.1) is 0 Å². The van der Waals surface area contributed by atoms with Crippen LogP contribution in [0.3, 0.4) is 0 Å². The van der Waals surface area contributed by atoms with Crippen molar-refractivity contribution in [2.45, 2.75) is 38.4 Å². The molecular weight excluding hydrogens is 358 g/mol. The topological polar surface area (TPSA) is 46.1 Å². The Morgan fingerprint density at radius 3 is 2.45 bits per heavy atom. The first-order valence-electron chi connectivity index (χ1n) is 10.4. The third-order valence-corrected chi connectivity index (χ3v) is 5.72. The van der Waals surface area contributed by atoms with E-state index >= 15 is 0 Å². The van der Waals surface area contributed by atoms with Gasteiger partial charge in [0.1, 0.15) is 6.04 Å². The molecular formula is C25H25N3O. The zero-order valence-electron chi connectivity index (χ0n) is 16.6. The van der Waals surface area contributed by atoms with Crippen molar-refractivity contribution in [1.82, 2.24) is 9.88 Å². The van der Waals surface area contributed by atoms with Gasteiger partial charge < -0.3 is 15.2 Å². The van der Waals surface area contributed by atoms with Crippen LogP contribution >= 0.6 is 0 Å². The summed E-state index contributed by atoms with van der Waals surface area (Å²) in [5, 5.41) is 9.09. The zero-order chi connectivity index (χ0) is 19.8. The number of nitrogens with zero attached hydrogens (tertiary/aromatic N) is 1. The first-order valence-corrected chi connectivity index (χ1v) is 10.4. The average molecular weight is 383 g/mol. The Kier molecular flexibility index (Phi) is 4.47. The smallest absolute Gasteiger partial charge is 0.247 e. The number of para-hydroxylation sites is 1. The fourth-order valence-electron chi connectivity index (χ4n) is 4.11. The van der Waals surface area contributed by atoms with Crippen molar-refractivity contribution in [3.63, 3.8) is 0 Å². The summed E-state index contributed by atoms with van der Waals surface area (Å²) >= 11 is 0. The van der Waals surface area contributed by atoms with Crippen LogP contribution in [0, 0.1) is 0 Å². The highest BCUT2D eigenvalue weighted by atomic mass is 16.2. The molecule has 0 saturated heterocycles. The molecule has 4 heteroatoms. The molecule has 4 aromatic rings. The Morgan fingerprint density at radius 1 is 0.966 bits per heavy atom. The van der Waals surface area contributed by atoms with E-state index in [0.717, 1.165) is 30.6 Å². The molecule has 1 saturated carbocycles. The van der Waals surface area contributed by atoms with E-state index in [-0.39, 0.29) is 5.91 Å². The highest BCUT2D eigenvalue weighted by Gasteiger charge is 2.28. The van der Waals surface area contributed by atoms with Gasteiger partial charge in [-0.1, -0.05) is 48.5 Å². The van der Waals surface area contributed by atoms with Gasteiger partial charge in [0.2, 0.25) is 5.91 Å². The van der Waals surface area contributed by atoms with Gasteiger partial charge in [0, 0.05) is 40.1 Å². The van der Waals surface area contributed by atoms with Crippen molar-refractivity contribution >= 4 is 33.4 Å². The van der Waals surface area contributed by atoms with Crippen molar-refractivity contribution in [2.24, 2.45) is 0 Å². The quantitative estimate of drug-likeness (QED) is 0.478. The molecule has 1 aliphatic carbocycles. The molecule has 1 aromatic heterocycles. The van der Waals surface area contributed by atoms with E-state index in [1.54, 1.807) is 0 Å². The van der Waals surface area contributed by atoms with E-state index < -0.39 is 6.04 Å². The van der Waals surface area contributed by atoms with Crippen LogP contribution in [0.4, 0.5) is 5.69 Å². The van der Waals surface area contributed by atoms with Gasteiger partial charge in [-0.05, 0) is 49.6 Å². The fourth-order valence-corrected chi connectivity index (χ4v) is 4.11. The summed E-state index contributed by atoms with van der Waals surface area (Å²) in [4.78, 5) is 12.9. The van der Waals surface area contributed by atoms with Gasteiger partial charge in [0.15, 0.2) is 0 Å². The number of anilines is 1. The van der Waals surface area contributed by atoms with Gasteiger partial charge in [-0.3, -0.25) is 4.79 Å². The van der Waals surface area contributed by atoms with Crippen LogP contribution in [-0.2, 0) is 11.3 Å². The molecule has 2 N–H and O–H groups in total. The largest absolute Gasteiger partial charge is 0.370 e. The van der Waals surface area contributed by atoms with Crippen LogP contribution in [0.1, 0.15) is 31.4 Å². The molecule has 0 radical (unpaired) electrons. The Balaban J connectivity index is 1.54. The Bertz CT molecular complexity index is 1170. The summed E-state index contributed by atoms with van der Waals surface area (Å²) in [5.41, 5.74) is 4.39. The second-order valence-corrected chi connectivity index (χ2v) is 7.76. The van der Waals surface area contributed by atoms with E-state index in [4.69, 9.17) is 0 Å². The van der Waals surface area contributed by atoms with Crippen LogP contribution in [0.5, 0.6) is 0 Å². The number of hydrogen-bond donors (Lipinski definition) is 2. The average Bonchev–Trinajstić information content (AvgIpc) is 3.52. The van der Waals surface area contributed by atoms with Crippen LogP contribution in [0.2, 0.25) is 0 Å². The predicted octanol–water partition coefficient (Wildman–Crippen LogP) is 5.25. The summed E-state index contributed by atoms with van der Waals surface area (Å²) in [6, 6.07) is 24.8. The second kappa shape index (κ2) is 7.28. The maximum absolute atomic E-state index is 12.9. The number of fused-ring (bicyclic) bond motifs is 3. The molecule has 0 aliphatic heterocycles. The second-order valence-electron chi connectivity index (χ2n) is 7.76. The number of aryl methyl sites for hydroxylation is 1. The molecule has 1 heterocycles. The summed E-state index contributed by atoms with van der Waals surface area (Å²) in [6.07, 6.45) is 2.16. The number of benzene rings is 3. The molecule has 3 aromatic carbocycles. The van der Waals surface area contributed by atoms with Crippen molar-refractivity contribution in [1.29, 1.82) is 0 Å². The number of nitrogens with one attached hydrogen (secondary N) is 2. The lowest BCUT2D eigenvalue weighted by Gasteiger charge is -2.20. The van der Waals surface area contributed by atoms with Crippen molar-refractivity contribution in [3.05, 3.63) is 78.4 Å².